The molecule has 1 heteroatoms. The number of rotatable bonds is 16. The van der Waals surface area contributed by atoms with Crippen molar-refractivity contribution in [3.63, 3.8) is 0 Å². The van der Waals surface area contributed by atoms with Crippen molar-refractivity contribution in [2.24, 2.45) is 47.3 Å². The molecular weight excluding hydrogens is 617 g/mol. The van der Waals surface area contributed by atoms with Crippen LogP contribution in [0.5, 0.6) is 0 Å². The van der Waals surface area contributed by atoms with Gasteiger partial charge in [-0.1, -0.05) is 140 Å². The molecule has 2 unspecified atom stereocenters. The summed E-state index contributed by atoms with van der Waals surface area (Å²) in [5.74, 6) is 7.16. The molecule has 2 atom stereocenters. The predicted molar refractivity (Wildman–Crippen MR) is 219 cm³/mol. The summed E-state index contributed by atoms with van der Waals surface area (Å²) in [6.45, 7) is 9.36. The van der Waals surface area contributed by atoms with Crippen molar-refractivity contribution in [3.8, 4) is 0 Å². The van der Waals surface area contributed by atoms with E-state index in [9.17, 15) is 0 Å². The van der Waals surface area contributed by atoms with Gasteiger partial charge >= 0.3 is 0 Å². The molecule has 0 spiro atoms. The summed E-state index contributed by atoms with van der Waals surface area (Å²) in [4.78, 5) is 0. The Balaban J connectivity index is 1.17. The number of aryl methyl sites for hydroxylation is 2. The Kier molecular flexibility index (Phi) is 15.5. The highest BCUT2D eigenvalue weighted by Crippen LogP contribution is 2.50. The van der Waals surface area contributed by atoms with Crippen LogP contribution in [0.25, 0.3) is 0 Å². The minimum atomic E-state index is 0.203. The van der Waals surface area contributed by atoms with Crippen LogP contribution in [0, 0.1) is 47.3 Å². The van der Waals surface area contributed by atoms with Crippen molar-refractivity contribution >= 4 is 0 Å². The molecule has 4 aliphatic carbocycles. The zero-order valence-electron chi connectivity index (χ0n) is 33.8. The van der Waals surface area contributed by atoms with Crippen LogP contribution in [0.4, 0.5) is 0 Å². The smallest absolute Gasteiger partial charge is 0.0861 e. The van der Waals surface area contributed by atoms with Gasteiger partial charge in [0.1, 0.15) is 0 Å². The molecule has 0 heterocycles. The standard InChI is InChI=1S/C50H78O/c1-5-9-37-13-21-41(22-14-37)43-29-33-47(34-30-43)49(45-25-17-39(11-7-3)18-26-45)51-50(46-27-19-40(12-8-4)20-28-46)48-35-31-44(32-36-48)42-23-15-38(10-6-2)16-24-42/h17-20,25-28,37-38,41-44,47-50H,5-16,21-24,29-36H2,1-4H3. The van der Waals surface area contributed by atoms with Gasteiger partial charge in [-0.15, -0.1) is 0 Å². The molecule has 2 aromatic carbocycles. The first-order valence-corrected chi connectivity index (χ1v) is 22.9. The highest BCUT2D eigenvalue weighted by atomic mass is 16.5. The molecule has 0 amide bonds. The summed E-state index contributed by atoms with van der Waals surface area (Å²) >= 11 is 0. The van der Waals surface area contributed by atoms with Gasteiger partial charge < -0.3 is 4.74 Å². The van der Waals surface area contributed by atoms with Crippen molar-refractivity contribution in [1.29, 1.82) is 0 Å². The number of benzene rings is 2. The van der Waals surface area contributed by atoms with Gasteiger partial charge in [-0.05, 0) is 159 Å². The summed E-state index contributed by atoms with van der Waals surface area (Å²) in [5, 5.41) is 0. The molecule has 51 heavy (non-hydrogen) atoms. The van der Waals surface area contributed by atoms with E-state index in [1.165, 1.54) is 176 Å². The first-order chi connectivity index (χ1) is 25.1. The van der Waals surface area contributed by atoms with E-state index >= 15 is 0 Å². The molecule has 1 nitrogen and oxygen atoms in total. The lowest BCUT2D eigenvalue weighted by atomic mass is 9.67. The summed E-state index contributed by atoms with van der Waals surface area (Å²) in [5.41, 5.74) is 5.85. The van der Waals surface area contributed by atoms with E-state index in [1.54, 1.807) is 0 Å². The Labute approximate surface area is 315 Å². The summed E-state index contributed by atoms with van der Waals surface area (Å²) in [6, 6.07) is 19.5. The van der Waals surface area contributed by atoms with Gasteiger partial charge in [0.2, 0.25) is 0 Å². The SMILES string of the molecule is CCCc1ccc(C(OC(c2ccc(CCC)cc2)C2CCC(C3CCC(CCC)CC3)CC2)C2CCC(C3CCC(CCC)CC3)CC2)cc1. The van der Waals surface area contributed by atoms with E-state index in [0.717, 1.165) is 35.5 Å². The van der Waals surface area contributed by atoms with Crippen LogP contribution < -0.4 is 0 Å². The fraction of sp³-hybridized carbons (Fsp3) is 0.760. The van der Waals surface area contributed by atoms with Crippen molar-refractivity contribution in [3.05, 3.63) is 70.8 Å². The van der Waals surface area contributed by atoms with E-state index in [2.05, 4.69) is 76.2 Å². The van der Waals surface area contributed by atoms with E-state index in [-0.39, 0.29) is 12.2 Å². The van der Waals surface area contributed by atoms with Crippen LogP contribution in [0.2, 0.25) is 0 Å². The lowest BCUT2D eigenvalue weighted by Gasteiger charge is -2.43. The topological polar surface area (TPSA) is 9.23 Å². The lowest BCUT2D eigenvalue weighted by molar-refractivity contribution is -0.0934. The van der Waals surface area contributed by atoms with Crippen LogP contribution in [0.1, 0.15) is 203 Å². The maximum Gasteiger partial charge on any atom is 0.0861 e. The second kappa shape index (κ2) is 20.2. The van der Waals surface area contributed by atoms with Crippen LogP contribution in [-0.4, -0.2) is 0 Å². The van der Waals surface area contributed by atoms with E-state index in [4.69, 9.17) is 4.74 Å². The van der Waals surface area contributed by atoms with Gasteiger partial charge in [0.25, 0.3) is 0 Å². The van der Waals surface area contributed by atoms with Crippen molar-refractivity contribution in [2.45, 2.75) is 194 Å². The summed E-state index contributed by atoms with van der Waals surface area (Å²) < 4.78 is 7.74. The fourth-order valence-corrected chi connectivity index (χ4v) is 12.0. The third-order valence-corrected chi connectivity index (χ3v) is 15.0. The fourth-order valence-electron chi connectivity index (χ4n) is 12.0. The lowest BCUT2D eigenvalue weighted by Crippen LogP contribution is -2.31. The maximum atomic E-state index is 7.74. The monoisotopic (exact) mass is 695 g/mol. The molecule has 6 rings (SSSR count). The minimum absolute atomic E-state index is 0.203. The van der Waals surface area contributed by atoms with Gasteiger partial charge in [-0.2, -0.15) is 0 Å². The van der Waals surface area contributed by atoms with Gasteiger partial charge in [0.15, 0.2) is 0 Å². The number of hydrogen-bond acceptors (Lipinski definition) is 1. The van der Waals surface area contributed by atoms with E-state index < -0.39 is 0 Å². The average Bonchev–Trinajstić information content (AvgIpc) is 3.18. The average molecular weight is 695 g/mol. The van der Waals surface area contributed by atoms with E-state index in [1.807, 2.05) is 0 Å². The van der Waals surface area contributed by atoms with Crippen LogP contribution >= 0.6 is 0 Å². The Morgan fingerprint density at radius 1 is 0.412 bits per heavy atom. The molecule has 0 saturated heterocycles. The molecule has 284 valence electrons. The van der Waals surface area contributed by atoms with Gasteiger partial charge in [-0.3, -0.25) is 0 Å². The van der Waals surface area contributed by atoms with Crippen LogP contribution in [0.15, 0.2) is 48.5 Å². The summed E-state index contributed by atoms with van der Waals surface area (Å²) in [6.07, 6.45) is 33.9. The first kappa shape index (κ1) is 39.1. The van der Waals surface area contributed by atoms with Crippen molar-refractivity contribution < 1.29 is 4.74 Å². The highest BCUT2D eigenvalue weighted by Gasteiger charge is 2.39. The van der Waals surface area contributed by atoms with Gasteiger partial charge in [-0.25, -0.2) is 0 Å². The predicted octanol–water partition coefficient (Wildman–Crippen LogP) is 15.2. The maximum absolute atomic E-state index is 7.74. The zero-order chi connectivity index (χ0) is 35.4. The van der Waals surface area contributed by atoms with Crippen LogP contribution in [-0.2, 0) is 17.6 Å². The first-order valence-electron chi connectivity index (χ1n) is 22.9. The third kappa shape index (κ3) is 10.8. The quantitative estimate of drug-likeness (QED) is 0.170. The second-order valence-electron chi connectivity index (χ2n) is 18.4. The normalized spacial score (nSPS) is 31.6. The summed E-state index contributed by atoms with van der Waals surface area (Å²) in [7, 11) is 0. The van der Waals surface area contributed by atoms with Gasteiger partial charge in [0, 0.05) is 0 Å². The Morgan fingerprint density at radius 3 is 1.02 bits per heavy atom. The molecule has 0 bridgehead atoms. The Bertz CT molecular complexity index is 1120. The zero-order valence-corrected chi connectivity index (χ0v) is 33.8. The third-order valence-electron chi connectivity index (χ3n) is 15.0. The molecule has 4 saturated carbocycles. The van der Waals surface area contributed by atoms with Crippen molar-refractivity contribution in [2.75, 3.05) is 0 Å². The second-order valence-corrected chi connectivity index (χ2v) is 18.4. The molecule has 0 aliphatic heterocycles. The highest BCUT2D eigenvalue weighted by molar-refractivity contribution is 5.27. The Morgan fingerprint density at radius 2 is 0.725 bits per heavy atom. The van der Waals surface area contributed by atoms with Crippen LogP contribution in [0.3, 0.4) is 0 Å². The number of hydrogen-bond donors (Lipinski definition) is 0. The van der Waals surface area contributed by atoms with E-state index in [0.29, 0.717) is 11.8 Å². The molecule has 0 N–H and O–H groups in total. The molecule has 0 radical (unpaired) electrons. The largest absolute Gasteiger partial charge is 0.365 e. The number of ether oxygens (including phenoxy) is 1. The molecule has 4 aliphatic rings. The minimum Gasteiger partial charge on any atom is -0.365 e. The molecule has 4 fully saturated rings. The van der Waals surface area contributed by atoms with Gasteiger partial charge in [0.05, 0.1) is 12.2 Å². The molecule has 2 aromatic rings. The van der Waals surface area contributed by atoms with Crippen molar-refractivity contribution in [1.82, 2.24) is 0 Å². The Hall–Kier alpha value is -1.60. The molecular formula is C50H78O. The molecule has 0 aromatic heterocycles.